The fourth-order valence-electron chi connectivity index (χ4n) is 2.85. The van der Waals surface area contributed by atoms with Crippen LogP contribution in [0.1, 0.15) is 32.6 Å². The van der Waals surface area contributed by atoms with Gasteiger partial charge in [0.25, 0.3) is 0 Å². The van der Waals surface area contributed by atoms with E-state index in [0.29, 0.717) is 12.6 Å². The Bertz CT molecular complexity index is 331. The van der Waals surface area contributed by atoms with Crippen molar-refractivity contribution in [3.05, 3.63) is 18.5 Å². The summed E-state index contributed by atoms with van der Waals surface area (Å²) in [7, 11) is 2.13. The molecule has 1 aromatic rings. The van der Waals surface area contributed by atoms with Crippen LogP contribution in [0.25, 0.3) is 0 Å². The molecule has 102 valence electrons. The Labute approximate surface area is 110 Å². The lowest BCUT2D eigenvalue weighted by molar-refractivity contribution is 0.0731. The van der Waals surface area contributed by atoms with Crippen LogP contribution in [0.15, 0.2) is 18.5 Å². The zero-order chi connectivity index (χ0) is 13.0. The average Bonchev–Trinajstić information content (AvgIpc) is 2.82. The fourth-order valence-corrected chi connectivity index (χ4v) is 2.85. The topological polar surface area (TPSA) is 41.3 Å². The van der Waals surface area contributed by atoms with Crippen LogP contribution in [-0.2, 0) is 6.54 Å². The largest absolute Gasteiger partial charge is 0.390 e. The molecule has 0 amide bonds. The van der Waals surface area contributed by atoms with E-state index in [1.54, 1.807) is 10.9 Å². The quantitative estimate of drug-likeness (QED) is 0.867. The van der Waals surface area contributed by atoms with Crippen LogP contribution in [0.2, 0.25) is 0 Å². The molecule has 2 rings (SSSR count). The normalized spacial score (nSPS) is 26.4. The molecule has 4 heteroatoms. The molecule has 1 aliphatic carbocycles. The van der Waals surface area contributed by atoms with E-state index in [0.717, 1.165) is 12.5 Å². The summed E-state index contributed by atoms with van der Waals surface area (Å²) in [5.74, 6) is 0.878. The van der Waals surface area contributed by atoms with Gasteiger partial charge in [-0.15, -0.1) is 0 Å². The number of hydrogen-bond donors (Lipinski definition) is 1. The molecule has 0 unspecified atom stereocenters. The van der Waals surface area contributed by atoms with Crippen LogP contribution in [0.3, 0.4) is 0 Å². The molecule has 1 aliphatic rings. The summed E-state index contributed by atoms with van der Waals surface area (Å²) in [6.45, 7) is 3.65. The highest BCUT2D eigenvalue weighted by Gasteiger charge is 2.23. The maximum atomic E-state index is 10.1. The number of aromatic nitrogens is 2. The van der Waals surface area contributed by atoms with E-state index in [2.05, 4.69) is 24.0 Å². The molecule has 0 spiro atoms. The minimum absolute atomic E-state index is 0.339. The molecule has 1 N–H and O–H groups in total. The van der Waals surface area contributed by atoms with Crippen molar-refractivity contribution in [3.8, 4) is 0 Å². The number of rotatable bonds is 5. The third kappa shape index (κ3) is 3.82. The van der Waals surface area contributed by atoms with Gasteiger partial charge in [0.15, 0.2) is 0 Å². The number of likely N-dealkylation sites (N-methyl/N-ethyl adjacent to an activating group) is 1. The predicted molar refractivity (Wildman–Crippen MR) is 72.3 cm³/mol. The Morgan fingerprint density at radius 1 is 1.39 bits per heavy atom. The van der Waals surface area contributed by atoms with E-state index in [9.17, 15) is 5.11 Å². The first-order valence-corrected chi connectivity index (χ1v) is 7.01. The van der Waals surface area contributed by atoms with Crippen LogP contribution in [0, 0.1) is 5.92 Å². The number of nitrogens with zero attached hydrogens (tertiary/aromatic N) is 3. The molecule has 0 radical (unpaired) electrons. The molecule has 1 fully saturated rings. The van der Waals surface area contributed by atoms with Crippen LogP contribution in [0.5, 0.6) is 0 Å². The van der Waals surface area contributed by atoms with Gasteiger partial charge >= 0.3 is 0 Å². The molecule has 1 atom stereocenters. The van der Waals surface area contributed by atoms with Crippen molar-refractivity contribution in [2.75, 3.05) is 13.6 Å². The van der Waals surface area contributed by atoms with Crippen LogP contribution in [-0.4, -0.2) is 45.5 Å². The van der Waals surface area contributed by atoms with Crippen molar-refractivity contribution in [3.63, 3.8) is 0 Å². The van der Waals surface area contributed by atoms with Crippen LogP contribution in [0.4, 0.5) is 0 Å². The second kappa shape index (κ2) is 6.34. The Balaban J connectivity index is 1.74. The number of hydrogen-bond acceptors (Lipinski definition) is 3. The zero-order valence-corrected chi connectivity index (χ0v) is 11.5. The van der Waals surface area contributed by atoms with Gasteiger partial charge in [-0.3, -0.25) is 4.68 Å². The average molecular weight is 251 g/mol. The minimum Gasteiger partial charge on any atom is -0.390 e. The third-order valence-electron chi connectivity index (χ3n) is 4.06. The summed E-state index contributed by atoms with van der Waals surface area (Å²) in [5, 5.41) is 14.2. The van der Waals surface area contributed by atoms with Crippen molar-refractivity contribution in [1.29, 1.82) is 0 Å². The second-order valence-corrected chi connectivity index (χ2v) is 5.74. The van der Waals surface area contributed by atoms with E-state index < -0.39 is 0 Å². The summed E-state index contributed by atoms with van der Waals surface area (Å²) < 4.78 is 1.79. The van der Waals surface area contributed by atoms with Gasteiger partial charge in [0, 0.05) is 25.0 Å². The molecule has 1 saturated carbocycles. The Hall–Kier alpha value is -0.870. The summed E-state index contributed by atoms with van der Waals surface area (Å²) in [4.78, 5) is 2.32. The van der Waals surface area contributed by atoms with Crippen molar-refractivity contribution < 1.29 is 5.11 Å². The van der Waals surface area contributed by atoms with Gasteiger partial charge in [0.1, 0.15) is 0 Å². The van der Waals surface area contributed by atoms with Gasteiger partial charge in [-0.2, -0.15) is 5.10 Å². The highest BCUT2D eigenvalue weighted by molar-refractivity contribution is 4.80. The summed E-state index contributed by atoms with van der Waals surface area (Å²) in [6, 6.07) is 2.53. The van der Waals surface area contributed by atoms with Gasteiger partial charge in [-0.25, -0.2) is 0 Å². The lowest BCUT2D eigenvalue weighted by Gasteiger charge is -2.34. The van der Waals surface area contributed by atoms with Crippen molar-refractivity contribution in [2.45, 2.75) is 51.3 Å². The standard InChI is InChI=1S/C14H25N3O/c1-12-4-6-13(7-5-12)16(2)10-14(18)11-17-9-3-8-15-17/h3,8-9,12-14,18H,4-7,10-11H2,1-2H3/t12?,13?,14-/m0/s1. The molecular formula is C14H25N3O. The lowest BCUT2D eigenvalue weighted by atomic mass is 9.86. The van der Waals surface area contributed by atoms with Gasteiger partial charge < -0.3 is 10.0 Å². The second-order valence-electron chi connectivity index (χ2n) is 5.74. The van der Waals surface area contributed by atoms with Gasteiger partial charge in [-0.05, 0) is 44.7 Å². The van der Waals surface area contributed by atoms with Gasteiger partial charge in [0.05, 0.1) is 12.6 Å². The Morgan fingerprint density at radius 3 is 2.72 bits per heavy atom. The summed E-state index contributed by atoms with van der Waals surface area (Å²) in [5.41, 5.74) is 0. The predicted octanol–water partition coefficient (Wildman–Crippen LogP) is 1.75. The fraction of sp³-hybridized carbons (Fsp3) is 0.786. The van der Waals surface area contributed by atoms with E-state index in [4.69, 9.17) is 0 Å². The third-order valence-corrected chi connectivity index (χ3v) is 4.06. The first-order chi connectivity index (χ1) is 8.65. The number of aliphatic hydroxyl groups excluding tert-OH is 1. The first kappa shape index (κ1) is 13.6. The molecule has 18 heavy (non-hydrogen) atoms. The van der Waals surface area contributed by atoms with Crippen LogP contribution < -0.4 is 0 Å². The van der Waals surface area contributed by atoms with Crippen molar-refractivity contribution in [1.82, 2.24) is 14.7 Å². The maximum Gasteiger partial charge on any atom is 0.0862 e. The lowest BCUT2D eigenvalue weighted by Crippen LogP contribution is -2.40. The molecule has 0 aliphatic heterocycles. The van der Waals surface area contributed by atoms with Crippen molar-refractivity contribution >= 4 is 0 Å². The molecule has 4 nitrogen and oxygen atoms in total. The molecule has 0 saturated heterocycles. The molecular weight excluding hydrogens is 226 g/mol. The Kier molecular flexibility index (Phi) is 4.78. The number of aliphatic hydroxyl groups is 1. The van der Waals surface area contributed by atoms with Crippen molar-refractivity contribution in [2.24, 2.45) is 5.92 Å². The molecule has 0 bridgehead atoms. The molecule has 1 heterocycles. The molecule has 0 aromatic carbocycles. The van der Waals surface area contributed by atoms with Gasteiger partial charge in [0.2, 0.25) is 0 Å². The first-order valence-electron chi connectivity index (χ1n) is 7.01. The van der Waals surface area contributed by atoms with E-state index in [-0.39, 0.29) is 6.10 Å². The monoisotopic (exact) mass is 251 g/mol. The van der Waals surface area contributed by atoms with E-state index in [1.165, 1.54) is 25.7 Å². The SMILES string of the molecule is CC1CCC(N(C)C[C@H](O)Cn2cccn2)CC1. The smallest absolute Gasteiger partial charge is 0.0862 e. The van der Waals surface area contributed by atoms with Crippen LogP contribution >= 0.6 is 0 Å². The summed E-state index contributed by atoms with van der Waals surface area (Å²) in [6.07, 6.45) is 8.49. The van der Waals surface area contributed by atoms with E-state index >= 15 is 0 Å². The Morgan fingerprint density at radius 2 is 2.11 bits per heavy atom. The van der Waals surface area contributed by atoms with E-state index in [1.807, 2.05) is 12.3 Å². The minimum atomic E-state index is -0.339. The highest BCUT2D eigenvalue weighted by Crippen LogP contribution is 2.26. The highest BCUT2D eigenvalue weighted by atomic mass is 16.3. The summed E-state index contributed by atoms with van der Waals surface area (Å²) >= 11 is 0. The molecule has 1 aromatic heterocycles. The van der Waals surface area contributed by atoms with Gasteiger partial charge in [-0.1, -0.05) is 6.92 Å². The zero-order valence-electron chi connectivity index (χ0n) is 11.5. The maximum absolute atomic E-state index is 10.1.